The molecule has 0 fully saturated rings. The molecular weight excluding hydrogens is 248 g/mol. The highest BCUT2D eigenvalue weighted by molar-refractivity contribution is 4.96. The molecule has 2 unspecified atom stereocenters. The van der Waals surface area contributed by atoms with E-state index in [4.69, 9.17) is 0 Å². The Labute approximate surface area is 125 Å². The number of hydrogen-bond acceptors (Lipinski definition) is 2. The molecule has 0 amide bonds. The molecule has 2 N–H and O–H groups in total. The zero-order valence-electron chi connectivity index (χ0n) is 13.3. The second-order valence-corrected chi connectivity index (χ2v) is 5.64. The zero-order chi connectivity index (χ0) is 15.1. The van der Waals surface area contributed by atoms with E-state index >= 15 is 0 Å². The van der Waals surface area contributed by atoms with E-state index in [0.29, 0.717) is 6.42 Å². The quantitative estimate of drug-likeness (QED) is 0.356. The van der Waals surface area contributed by atoms with E-state index in [-0.39, 0.29) is 0 Å². The van der Waals surface area contributed by atoms with Crippen molar-refractivity contribution >= 4 is 0 Å². The Balaban J connectivity index is 3.43. The summed E-state index contributed by atoms with van der Waals surface area (Å²) in [5.41, 5.74) is 0. The normalized spacial score (nSPS) is 14.6. The topological polar surface area (TPSA) is 40.5 Å². The number of aliphatic hydroxyl groups is 2. The van der Waals surface area contributed by atoms with Crippen molar-refractivity contribution < 1.29 is 10.2 Å². The van der Waals surface area contributed by atoms with Gasteiger partial charge in [0.15, 0.2) is 0 Å². The van der Waals surface area contributed by atoms with E-state index < -0.39 is 12.2 Å². The largest absolute Gasteiger partial charge is 0.390 e. The minimum absolute atomic E-state index is 0.537. The van der Waals surface area contributed by atoms with Gasteiger partial charge in [-0.2, -0.15) is 0 Å². The van der Waals surface area contributed by atoms with Crippen LogP contribution < -0.4 is 0 Å². The molecule has 0 rings (SSSR count). The molecule has 20 heavy (non-hydrogen) atoms. The van der Waals surface area contributed by atoms with Gasteiger partial charge in [0.1, 0.15) is 0 Å². The highest BCUT2D eigenvalue weighted by atomic mass is 16.3. The van der Waals surface area contributed by atoms with E-state index in [0.717, 1.165) is 32.1 Å². The number of rotatable bonds is 14. The van der Waals surface area contributed by atoms with Crippen LogP contribution in [-0.4, -0.2) is 22.4 Å². The molecule has 2 nitrogen and oxygen atoms in total. The van der Waals surface area contributed by atoms with Crippen LogP contribution in [0.5, 0.6) is 0 Å². The summed E-state index contributed by atoms with van der Waals surface area (Å²) in [5, 5.41) is 19.8. The van der Waals surface area contributed by atoms with Crippen LogP contribution in [0.25, 0.3) is 0 Å². The molecular formula is C18H34O2. The van der Waals surface area contributed by atoms with E-state index in [1.807, 2.05) is 6.08 Å². The number of unbranched alkanes of at least 4 members (excludes halogenated alkanes) is 7. The molecule has 0 aromatic rings. The summed E-state index contributed by atoms with van der Waals surface area (Å²) in [6.45, 7) is 5.84. The first-order valence-corrected chi connectivity index (χ1v) is 8.36. The monoisotopic (exact) mass is 282 g/mol. The average Bonchev–Trinajstić information content (AvgIpc) is 2.45. The lowest BCUT2D eigenvalue weighted by Gasteiger charge is -2.17. The van der Waals surface area contributed by atoms with Gasteiger partial charge in [0.2, 0.25) is 0 Å². The molecule has 2 atom stereocenters. The molecule has 0 aliphatic heterocycles. The van der Waals surface area contributed by atoms with Gasteiger partial charge in [-0.15, -0.1) is 0 Å². The second kappa shape index (κ2) is 14.8. The van der Waals surface area contributed by atoms with Crippen molar-refractivity contribution in [3.8, 4) is 0 Å². The second-order valence-electron chi connectivity index (χ2n) is 5.64. The summed E-state index contributed by atoms with van der Waals surface area (Å²) >= 11 is 0. The van der Waals surface area contributed by atoms with Crippen molar-refractivity contribution in [2.24, 2.45) is 0 Å². The SMILES string of the molecule is C=CC=CCCCCC(O)C(O)CCCCCCCC. The number of hydrogen-bond donors (Lipinski definition) is 2. The van der Waals surface area contributed by atoms with E-state index in [1.165, 1.54) is 32.1 Å². The maximum atomic E-state index is 9.88. The third kappa shape index (κ3) is 12.4. The summed E-state index contributed by atoms with van der Waals surface area (Å²) in [5.74, 6) is 0. The predicted octanol–water partition coefficient (Wildman–Crippen LogP) is 4.76. The Morgan fingerprint density at radius 3 is 2.00 bits per heavy atom. The minimum atomic E-state index is -0.547. The van der Waals surface area contributed by atoms with Crippen LogP contribution >= 0.6 is 0 Å². The van der Waals surface area contributed by atoms with Gasteiger partial charge in [-0.05, 0) is 25.7 Å². The smallest absolute Gasteiger partial charge is 0.0799 e. The lowest BCUT2D eigenvalue weighted by molar-refractivity contribution is 0.00724. The first kappa shape index (κ1) is 19.4. The Kier molecular flexibility index (Phi) is 14.4. The van der Waals surface area contributed by atoms with Crippen molar-refractivity contribution in [1.29, 1.82) is 0 Å². The Bertz CT molecular complexity index is 236. The van der Waals surface area contributed by atoms with Gasteiger partial charge < -0.3 is 10.2 Å². The van der Waals surface area contributed by atoms with Gasteiger partial charge in [-0.3, -0.25) is 0 Å². The van der Waals surface area contributed by atoms with Crippen LogP contribution in [0.4, 0.5) is 0 Å². The van der Waals surface area contributed by atoms with Crippen LogP contribution in [0.2, 0.25) is 0 Å². The van der Waals surface area contributed by atoms with Gasteiger partial charge in [0, 0.05) is 0 Å². The molecule has 0 bridgehead atoms. The number of allylic oxidation sites excluding steroid dienone is 3. The standard InChI is InChI=1S/C18H34O2/c1-3-5-7-9-11-13-15-17(19)18(20)16-14-12-10-8-6-4-2/h3,5,7,17-20H,1,4,6,8-16H2,2H3. The molecule has 0 saturated carbocycles. The summed E-state index contributed by atoms with van der Waals surface area (Å²) < 4.78 is 0. The van der Waals surface area contributed by atoms with Crippen molar-refractivity contribution in [1.82, 2.24) is 0 Å². The highest BCUT2D eigenvalue weighted by Crippen LogP contribution is 2.14. The van der Waals surface area contributed by atoms with E-state index in [2.05, 4.69) is 19.6 Å². The maximum Gasteiger partial charge on any atom is 0.0799 e. The predicted molar refractivity (Wildman–Crippen MR) is 87.8 cm³/mol. The third-order valence-corrected chi connectivity index (χ3v) is 3.69. The van der Waals surface area contributed by atoms with Crippen LogP contribution in [-0.2, 0) is 0 Å². The summed E-state index contributed by atoms with van der Waals surface area (Å²) in [7, 11) is 0. The molecule has 0 aliphatic rings. The van der Waals surface area contributed by atoms with Crippen molar-refractivity contribution in [3.05, 3.63) is 24.8 Å². The fourth-order valence-corrected chi connectivity index (χ4v) is 2.33. The lowest BCUT2D eigenvalue weighted by atomic mass is 10.0. The Morgan fingerprint density at radius 1 is 0.850 bits per heavy atom. The summed E-state index contributed by atoms with van der Waals surface area (Å²) in [4.78, 5) is 0. The van der Waals surface area contributed by atoms with Crippen molar-refractivity contribution in [2.45, 2.75) is 89.8 Å². The van der Waals surface area contributed by atoms with Crippen LogP contribution in [0, 0.1) is 0 Å². The van der Waals surface area contributed by atoms with Gasteiger partial charge in [0.05, 0.1) is 12.2 Å². The highest BCUT2D eigenvalue weighted by Gasteiger charge is 2.14. The molecule has 0 spiro atoms. The third-order valence-electron chi connectivity index (χ3n) is 3.69. The Hall–Kier alpha value is -0.600. The van der Waals surface area contributed by atoms with Crippen LogP contribution in [0.1, 0.15) is 77.6 Å². The first-order valence-electron chi connectivity index (χ1n) is 8.36. The molecule has 118 valence electrons. The number of aliphatic hydroxyl groups excluding tert-OH is 2. The van der Waals surface area contributed by atoms with Gasteiger partial charge in [-0.25, -0.2) is 0 Å². The first-order chi connectivity index (χ1) is 9.72. The molecule has 0 aromatic heterocycles. The zero-order valence-corrected chi connectivity index (χ0v) is 13.3. The van der Waals surface area contributed by atoms with E-state index in [1.54, 1.807) is 6.08 Å². The Morgan fingerprint density at radius 2 is 1.40 bits per heavy atom. The molecule has 0 radical (unpaired) electrons. The van der Waals surface area contributed by atoms with Crippen LogP contribution in [0.15, 0.2) is 24.8 Å². The fraction of sp³-hybridized carbons (Fsp3) is 0.778. The lowest BCUT2D eigenvalue weighted by Crippen LogP contribution is -2.25. The van der Waals surface area contributed by atoms with Crippen molar-refractivity contribution in [3.63, 3.8) is 0 Å². The van der Waals surface area contributed by atoms with Crippen LogP contribution in [0.3, 0.4) is 0 Å². The van der Waals surface area contributed by atoms with Gasteiger partial charge >= 0.3 is 0 Å². The molecule has 0 aromatic carbocycles. The molecule has 0 heterocycles. The minimum Gasteiger partial charge on any atom is -0.390 e. The maximum absolute atomic E-state index is 9.88. The van der Waals surface area contributed by atoms with E-state index in [9.17, 15) is 10.2 Å². The fourth-order valence-electron chi connectivity index (χ4n) is 2.33. The van der Waals surface area contributed by atoms with Crippen molar-refractivity contribution in [2.75, 3.05) is 0 Å². The molecule has 2 heteroatoms. The van der Waals surface area contributed by atoms with Gasteiger partial charge in [0.25, 0.3) is 0 Å². The summed E-state index contributed by atoms with van der Waals surface area (Å²) in [6.07, 6.45) is 16.6. The molecule has 0 aliphatic carbocycles. The molecule has 0 saturated heterocycles. The van der Waals surface area contributed by atoms with Gasteiger partial charge in [-0.1, -0.05) is 76.7 Å². The average molecular weight is 282 g/mol. The summed E-state index contributed by atoms with van der Waals surface area (Å²) in [6, 6.07) is 0.